The van der Waals surface area contributed by atoms with E-state index < -0.39 is 0 Å². The van der Waals surface area contributed by atoms with Crippen molar-refractivity contribution in [3.8, 4) is 5.75 Å². The minimum absolute atomic E-state index is 0.136. The fourth-order valence-corrected chi connectivity index (χ4v) is 4.05. The lowest BCUT2D eigenvalue weighted by Gasteiger charge is -2.60. The second-order valence-corrected chi connectivity index (χ2v) is 7.05. The predicted octanol–water partition coefficient (Wildman–Crippen LogP) is 4.35. The molecule has 1 saturated carbocycles. The third-order valence-electron chi connectivity index (χ3n) is 4.88. The zero-order valence-corrected chi connectivity index (χ0v) is 13.7. The molecule has 3 unspecified atom stereocenters. The molecule has 21 heavy (non-hydrogen) atoms. The molecule has 116 valence electrons. The van der Waals surface area contributed by atoms with E-state index >= 15 is 0 Å². The van der Waals surface area contributed by atoms with Crippen molar-refractivity contribution in [3.63, 3.8) is 0 Å². The van der Waals surface area contributed by atoms with E-state index in [1.807, 2.05) is 25.1 Å². The molecule has 0 bridgehead atoms. The summed E-state index contributed by atoms with van der Waals surface area (Å²) >= 11 is 6.15. The van der Waals surface area contributed by atoms with Gasteiger partial charge in [0.15, 0.2) is 0 Å². The number of fused-ring (bicyclic) bond motifs is 1. The minimum Gasteiger partial charge on any atom is -0.492 e. The zero-order chi connectivity index (χ0) is 15.0. The summed E-state index contributed by atoms with van der Waals surface area (Å²) in [6, 6.07) is 6.17. The van der Waals surface area contributed by atoms with E-state index in [-0.39, 0.29) is 5.41 Å². The largest absolute Gasteiger partial charge is 0.492 e. The Hall–Kier alpha value is -0.930. The highest BCUT2D eigenvalue weighted by molar-refractivity contribution is 6.30. The van der Waals surface area contributed by atoms with E-state index in [4.69, 9.17) is 21.1 Å². The van der Waals surface area contributed by atoms with Gasteiger partial charge in [-0.05, 0) is 38.0 Å². The number of benzene rings is 1. The van der Waals surface area contributed by atoms with E-state index in [0.717, 1.165) is 29.5 Å². The third-order valence-corrected chi connectivity index (χ3v) is 5.12. The Bertz CT molecular complexity index is 518. The van der Waals surface area contributed by atoms with Gasteiger partial charge in [-0.2, -0.15) is 0 Å². The normalized spacial score (nSPS) is 30.2. The summed E-state index contributed by atoms with van der Waals surface area (Å²) in [6.45, 7) is 8.11. The summed E-state index contributed by atoms with van der Waals surface area (Å²) < 4.78 is 11.7. The van der Waals surface area contributed by atoms with Crippen LogP contribution in [0.25, 0.3) is 0 Å². The first kappa shape index (κ1) is 15.0. The summed E-state index contributed by atoms with van der Waals surface area (Å²) in [7, 11) is 0. The highest BCUT2D eigenvalue weighted by Crippen LogP contribution is 2.53. The molecule has 1 aliphatic carbocycles. The van der Waals surface area contributed by atoms with Gasteiger partial charge in [-0.25, -0.2) is 0 Å². The second-order valence-electron chi connectivity index (χ2n) is 6.61. The Balaban J connectivity index is 1.81. The molecule has 3 atom stereocenters. The third kappa shape index (κ3) is 2.62. The van der Waals surface area contributed by atoms with Gasteiger partial charge in [0.1, 0.15) is 5.75 Å². The van der Waals surface area contributed by atoms with E-state index in [9.17, 15) is 0 Å². The fourth-order valence-electron chi connectivity index (χ4n) is 3.88. The lowest BCUT2D eigenvalue weighted by molar-refractivity contribution is -0.177. The Morgan fingerprint density at radius 2 is 2.24 bits per heavy atom. The van der Waals surface area contributed by atoms with Crippen molar-refractivity contribution in [1.82, 2.24) is 0 Å². The number of ether oxygens (including phenoxy) is 2. The Labute approximate surface area is 132 Å². The van der Waals surface area contributed by atoms with Gasteiger partial charge in [0.2, 0.25) is 0 Å². The van der Waals surface area contributed by atoms with Gasteiger partial charge < -0.3 is 14.8 Å². The van der Waals surface area contributed by atoms with Gasteiger partial charge in [-0.1, -0.05) is 25.4 Å². The molecule has 2 aliphatic rings. The lowest BCUT2D eigenvalue weighted by atomic mass is 9.55. The van der Waals surface area contributed by atoms with Crippen molar-refractivity contribution in [1.29, 1.82) is 0 Å². The van der Waals surface area contributed by atoms with E-state index in [0.29, 0.717) is 24.7 Å². The molecule has 4 heteroatoms. The number of rotatable bonds is 4. The van der Waals surface area contributed by atoms with Gasteiger partial charge in [0.25, 0.3) is 0 Å². The lowest BCUT2D eigenvalue weighted by Crippen LogP contribution is -2.67. The van der Waals surface area contributed by atoms with Crippen LogP contribution in [-0.4, -0.2) is 25.4 Å². The summed E-state index contributed by atoms with van der Waals surface area (Å²) in [4.78, 5) is 0. The number of hydrogen-bond donors (Lipinski definition) is 1. The van der Waals surface area contributed by atoms with Crippen molar-refractivity contribution < 1.29 is 9.47 Å². The molecule has 1 aliphatic heterocycles. The van der Waals surface area contributed by atoms with Crippen LogP contribution in [0.1, 0.15) is 33.6 Å². The van der Waals surface area contributed by atoms with Gasteiger partial charge in [0.05, 0.1) is 18.4 Å². The van der Waals surface area contributed by atoms with Crippen molar-refractivity contribution in [2.75, 3.05) is 18.5 Å². The quantitative estimate of drug-likeness (QED) is 0.896. The molecule has 2 fully saturated rings. The first-order chi connectivity index (χ1) is 10.0. The smallest absolute Gasteiger partial charge is 0.142 e. The molecule has 1 aromatic carbocycles. The summed E-state index contributed by atoms with van der Waals surface area (Å²) in [5, 5.41) is 4.40. The number of anilines is 1. The molecule has 1 N–H and O–H groups in total. The first-order valence-electron chi connectivity index (χ1n) is 7.84. The second kappa shape index (κ2) is 5.69. The molecular weight excluding hydrogens is 286 g/mol. The van der Waals surface area contributed by atoms with Crippen LogP contribution in [0.4, 0.5) is 5.69 Å². The molecule has 0 amide bonds. The molecule has 3 rings (SSSR count). The Kier molecular flexibility index (Phi) is 4.06. The summed E-state index contributed by atoms with van der Waals surface area (Å²) in [5.41, 5.74) is 1.13. The SMILES string of the molecule is CCOc1ccc(Cl)cc1NC1C2CCCOC2C1(C)C. The number of nitrogens with one attached hydrogen (secondary N) is 1. The summed E-state index contributed by atoms with van der Waals surface area (Å²) in [6.07, 6.45) is 2.76. The van der Waals surface area contributed by atoms with Crippen molar-refractivity contribution >= 4 is 17.3 Å². The van der Waals surface area contributed by atoms with E-state index in [2.05, 4.69) is 19.2 Å². The Morgan fingerprint density at radius 3 is 3.00 bits per heavy atom. The maximum absolute atomic E-state index is 6.15. The highest BCUT2D eigenvalue weighted by atomic mass is 35.5. The van der Waals surface area contributed by atoms with Crippen LogP contribution in [0.5, 0.6) is 5.75 Å². The van der Waals surface area contributed by atoms with Crippen molar-refractivity contribution in [2.45, 2.75) is 45.8 Å². The van der Waals surface area contributed by atoms with Gasteiger partial charge in [-0.3, -0.25) is 0 Å². The minimum atomic E-state index is 0.136. The van der Waals surface area contributed by atoms with Crippen molar-refractivity contribution in [2.24, 2.45) is 11.3 Å². The maximum atomic E-state index is 6.15. The van der Waals surface area contributed by atoms with E-state index in [1.165, 1.54) is 6.42 Å². The van der Waals surface area contributed by atoms with E-state index in [1.54, 1.807) is 0 Å². The maximum Gasteiger partial charge on any atom is 0.142 e. The molecule has 0 radical (unpaired) electrons. The van der Waals surface area contributed by atoms with Gasteiger partial charge in [0, 0.05) is 29.0 Å². The van der Waals surface area contributed by atoms with Crippen LogP contribution in [-0.2, 0) is 4.74 Å². The standard InChI is InChI=1S/C17H24ClNO2/c1-4-20-14-8-7-11(18)10-13(14)19-15-12-6-5-9-21-16(12)17(15,2)3/h7-8,10,12,15-16,19H,4-6,9H2,1-3H3. The molecule has 3 nitrogen and oxygen atoms in total. The van der Waals surface area contributed by atoms with Crippen LogP contribution >= 0.6 is 11.6 Å². The van der Waals surface area contributed by atoms with Gasteiger partial charge >= 0.3 is 0 Å². The monoisotopic (exact) mass is 309 g/mol. The molecular formula is C17H24ClNO2. The highest BCUT2D eigenvalue weighted by Gasteiger charge is 2.58. The fraction of sp³-hybridized carbons (Fsp3) is 0.647. The molecule has 0 aromatic heterocycles. The van der Waals surface area contributed by atoms with Crippen LogP contribution in [0.15, 0.2) is 18.2 Å². The topological polar surface area (TPSA) is 30.5 Å². The van der Waals surface area contributed by atoms with Gasteiger partial charge in [-0.15, -0.1) is 0 Å². The zero-order valence-electron chi connectivity index (χ0n) is 13.0. The first-order valence-corrected chi connectivity index (χ1v) is 8.22. The van der Waals surface area contributed by atoms with Crippen molar-refractivity contribution in [3.05, 3.63) is 23.2 Å². The summed E-state index contributed by atoms with van der Waals surface area (Å²) in [5.74, 6) is 1.46. The van der Waals surface area contributed by atoms with Crippen LogP contribution in [0.2, 0.25) is 5.02 Å². The number of hydrogen-bond acceptors (Lipinski definition) is 3. The van der Waals surface area contributed by atoms with Crippen LogP contribution in [0.3, 0.4) is 0 Å². The Morgan fingerprint density at radius 1 is 1.43 bits per heavy atom. The molecule has 1 heterocycles. The number of halogens is 1. The van der Waals surface area contributed by atoms with Crippen LogP contribution < -0.4 is 10.1 Å². The van der Waals surface area contributed by atoms with Crippen LogP contribution in [0, 0.1) is 11.3 Å². The molecule has 0 spiro atoms. The average molecular weight is 310 g/mol. The molecule has 1 aromatic rings. The predicted molar refractivity (Wildman–Crippen MR) is 86.3 cm³/mol. The average Bonchev–Trinajstić information content (AvgIpc) is 2.47. The molecule has 1 saturated heterocycles.